The van der Waals surface area contributed by atoms with Crippen LogP contribution in [-0.4, -0.2) is 11.5 Å². The third-order valence-electron chi connectivity index (χ3n) is 5.27. The van der Waals surface area contributed by atoms with Crippen LogP contribution in [-0.2, 0) is 0 Å². The number of hydrogen-bond donors (Lipinski definition) is 0. The fourth-order valence-electron chi connectivity index (χ4n) is 3.96. The number of rotatable bonds is 2. The third kappa shape index (κ3) is 2.27. The molecular weight excluding hydrogens is 348 g/mol. The molecule has 0 aliphatic heterocycles. The summed E-state index contributed by atoms with van der Waals surface area (Å²) in [5, 5.41) is 2.76. The van der Waals surface area contributed by atoms with E-state index in [9.17, 15) is 0 Å². The first-order valence-electron chi connectivity index (χ1n) is 7.67. The molecule has 0 saturated heterocycles. The highest BCUT2D eigenvalue weighted by molar-refractivity contribution is 9.10. The number of fused-ring (bicyclic) bond motifs is 1. The number of alkyl halides is 1. The molecule has 4 rings (SSSR count). The van der Waals surface area contributed by atoms with E-state index < -0.39 is 0 Å². The van der Waals surface area contributed by atoms with E-state index in [-0.39, 0.29) is 5.41 Å². The van der Waals surface area contributed by atoms with Crippen LogP contribution in [0.3, 0.4) is 0 Å². The lowest BCUT2D eigenvalue weighted by atomic mass is 9.64. The molecule has 2 aliphatic carbocycles. The maximum atomic E-state index is 6.50. The van der Waals surface area contributed by atoms with Crippen molar-refractivity contribution in [3.63, 3.8) is 0 Å². The van der Waals surface area contributed by atoms with Crippen LogP contribution in [0.25, 0.3) is 10.8 Å². The van der Waals surface area contributed by atoms with E-state index in [0.29, 0.717) is 11.5 Å². The van der Waals surface area contributed by atoms with Crippen molar-refractivity contribution in [3.05, 3.63) is 40.9 Å². The van der Waals surface area contributed by atoms with Crippen LogP contribution in [0.1, 0.15) is 32.1 Å². The van der Waals surface area contributed by atoms with Gasteiger partial charge < -0.3 is 4.74 Å². The third-order valence-corrected chi connectivity index (χ3v) is 6.38. The Labute approximate surface area is 138 Å². The minimum Gasteiger partial charge on any atom is -0.490 e. The summed E-state index contributed by atoms with van der Waals surface area (Å²) in [5.74, 6) is 0.977. The van der Waals surface area contributed by atoms with E-state index in [1.807, 2.05) is 0 Å². The number of halogens is 2. The minimum atomic E-state index is 0.246. The molecule has 1 spiro atoms. The predicted octanol–water partition coefficient (Wildman–Crippen LogP) is 5.92. The van der Waals surface area contributed by atoms with Crippen LogP contribution < -0.4 is 4.74 Å². The Hall–Kier alpha value is -0.730. The Balaban J connectivity index is 1.59. The van der Waals surface area contributed by atoms with Gasteiger partial charge >= 0.3 is 0 Å². The molecule has 1 nitrogen and oxygen atoms in total. The highest BCUT2D eigenvalue weighted by atomic mass is 79.9. The molecule has 0 heterocycles. The van der Waals surface area contributed by atoms with Gasteiger partial charge in [-0.1, -0.05) is 40.9 Å². The van der Waals surface area contributed by atoms with Gasteiger partial charge in [-0.05, 0) is 47.9 Å². The Kier molecular flexibility index (Phi) is 3.42. The molecule has 0 aromatic heterocycles. The zero-order chi connectivity index (χ0) is 14.4. The predicted molar refractivity (Wildman–Crippen MR) is 91.2 cm³/mol. The van der Waals surface area contributed by atoms with Crippen molar-refractivity contribution in [2.45, 2.75) is 43.6 Å². The molecule has 2 atom stereocenters. The monoisotopic (exact) mass is 364 g/mol. The first kappa shape index (κ1) is 13.9. The summed E-state index contributed by atoms with van der Waals surface area (Å²) in [6.07, 6.45) is 6.35. The lowest BCUT2D eigenvalue weighted by Gasteiger charge is -2.50. The second-order valence-corrected chi connectivity index (χ2v) is 7.85. The summed E-state index contributed by atoms with van der Waals surface area (Å²) in [6, 6.07) is 12.7. The van der Waals surface area contributed by atoms with Gasteiger partial charge in [-0.15, -0.1) is 11.6 Å². The maximum absolute atomic E-state index is 6.50. The van der Waals surface area contributed by atoms with E-state index >= 15 is 0 Å². The normalized spacial score (nSPS) is 27.0. The number of hydrogen-bond acceptors (Lipinski definition) is 1. The first-order chi connectivity index (χ1) is 10.2. The lowest BCUT2D eigenvalue weighted by molar-refractivity contribution is -0.0354. The van der Waals surface area contributed by atoms with E-state index in [1.165, 1.54) is 36.5 Å². The smallest absolute Gasteiger partial charge is 0.120 e. The molecule has 2 aromatic carbocycles. The van der Waals surface area contributed by atoms with E-state index in [1.54, 1.807) is 0 Å². The first-order valence-corrected chi connectivity index (χ1v) is 8.90. The molecule has 21 heavy (non-hydrogen) atoms. The fourth-order valence-corrected chi connectivity index (χ4v) is 4.86. The second-order valence-electron chi connectivity index (χ2n) is 6.40. The van der Waals surface area contributed by atoms with Gasteiger partial charge in [0.25, 0.3) is 0 Å². The van der Waals surface area contributed by atoms with Crippen molar-refractivity contribution in [1.29, 1.82) is 0 Å². The Morgan fingerprint density at radius 1 is 1.05 bits per heavy atom. The SMILES string of the molecule is ClC1CC(Oc2ccc3cc(Br)ccc3c2)C12CCCC2. The Morgan fingerprint density at radius 3 is 2.52 bits per heavy atom. The molecule has 0 radical (unpaired) electrons. The summed E-state index contributed by atoms with van der Waals surface area (Å²) >= 11 is 10.0. The van der Waals surface area contributed by atoms with Gasteiger partial charge in [-0.2, -0.15) is 0 Å². The van der Waals surface area contributed by atoms with Gasteiger partial charge in [0.1, 0.15) is 11.9 Å². The highest BCUT2D eigenvalue weighted by Crippen LogP contribution is 2.57. The quantitative estimate of drug-likeness (QED) is 0.600. The maximum Gasteiger partial charge on any atom is 0.120 e. The van der Waals surface area contributed by atoms with Crippen LogP contribution in [0.4, 0.5) is 0 Å². The highest BCUT2D eigenvalue weighted by Gasteiger charge is 2.56. The van der Waals surface area contributed by atoms with Crippen molar-refractivity contribution in [2.75, 3.05) is 0 Å². The summed E-state index contributed by atoms with van der Waals surface area (Å²) in [7, 11) is 0. The van der Waals surface area contributed by atoms with Gasteiger partial charge in [-0.3, -0.25) is 0 Å². The zero-order valence-electron chi connectivity index (χ0n) is 11.8. The van der Waals surface area contributed by atoms with Crippen LogP contribution in [0, 0.1) is 5.41 Å². The standard InChI is InChI=1S/C18H18BrClO/c19-14-5-3-13-10-15(6-4-12(13)9-14)21-17-11-16(20)18(17)7-1-2-8-18/h3-6,9-10,16-17H,1-2,7-8,11H2. The number of ether oxygens (including phenoxy) is 1. The van der Waals surface area contributed by atoms with Crippen molar-refractivity contribution in [3.8, 4) is 5.75 Å². The van der Waals surface area contributed by atoms with Gasteiger partial charge in [-0.25, -0.2) is 0 Å². The molecular formula is C18H18BrClO. The van der Waals surface area contributed by atoms with Crippen LogP contribution in [0.15, 0.2) is 40.9 Å². The van der Waals surface area contributed by atoms with Crippen molar-refractivity contribution in [2.24, 2.45) is 5.41 Å². The van der Waals surface area contributed by atoms with Gasteiger partial charge in [0.15, 0.2) is 0 Å². The van der Waals surface area contributed by atoms with Gasteiger partial charge in [0.05, 0.1) is 0 Å². The zero-order valence-corrected chi connectivity index (χ0v) is 14.2. The van der Waals surface area contributed by atoms with E-state index in [0.717, 1.165) is 16.6 Å². The number of benzene rings is 2. The molecule has 0 N–H and O–H groups in total. The molecule has 2 saturated carbocycles. The largest absolute Gasteiger partial charge is 0.490 e. The lowest BCUT2D eigenvalue weighted by Crippen LogP contribution is -2.55. The molecule has 2 fully saturated rings. The average molecular weight is 366 g/mol. The minimum absolute atomic E-state index is 0.246. The van der Waals surface area contributed by atoms with Crippen LogP contribution in [0.2, 0.25) is 0 Å². The molecule has 2 aromatic rings. The van der Waals surface area contributed by atoms with Crippen molar-refractivity contribution in [1.82, 2.24) is 0 Å². The summed E-state index contributed by atoms with van der Waals surface area (Å²) in [5.41, 5.74) is 0.246. The molecule has 3 heteroatoms. The summed E-state index contributed by atoms with van der Waals surface area (Å²) < 4.78 is 7.41. The average Bonchev–Trinajstić information content (AvgIpc) is 3.00. The van der Waals surface area contributed by atoms with Gasteiger partial charge in [0.2, 0.25) is 0 Å². The van der Waals surface area contributed by atoms with E-state index in [4.69, 9.17) is 16.3 Å². The molecule has 0 bridgehead atoms. The molecule has 110 valence electrons. The molecule has 2 aliphatic rings. The Morgan fingerprint density at radius 2 is 1.76 bits per heavy atom. The van der Waals surface area contributed by atoms with E-state index in [2.05, 4.69) is 52.3 Å². The molecule has 2 unspecified atom stereocenters. The van der Waals surface area contributed by atoms with Gasteiger partial charge in [0, 0.05) is 21.7 Å². The Bertz CT molecular complexity index is 678. The summed E-state index contributed by atoms with van der Waals surface area (Å²) in [4.78, 5) is 0. The fraction of sp³-hybridized carbons (Fsp3) is 0.444. The van der Waals surface area contributed by atoms with Crippen LogP contribution in [0.5, 0.6) is 5.75 Å². The van der Waals surface area contributed by atoms with Crippen molar-refractivity contribution >= 4 is 38.3 Å². The van der Waals surface area contributed by atoms with Crippen molar-refractivity contribution < 1.29 is 4.74 Å². The topological polar surface area (TPSA) is 9.23 Å². The summed E-state index contributed by atoms with van der Waals surface area (Å²) in [6.45, 7) is 0. The second kappa shape index (κ2) is 5.17. The molecule has 0 amide bonds. The van der Waals surface area contributed by atoms with Crippen LogP contribution >= 0.6 is 27.5 Å².